The van der Waals surface area contributed by atoms with Gasteiger partial charge in [-0.05, 0) is 56.5 Å². The van der Waals surface area contributed by atoms with Crippen LogP contribution in [0.5, 0.6) is 0 Å². The monoisotopic (exact) mass is 875 g/mol. The van der Waals surface area contributed by atoms with Crippen LogP contribution in [0.1, 0.15) is 83.3 Å². The van der Waals surface area contributed by atoms with Crippen molar-refractivity contribution in [2.45, 2.75) is 127 Å². The van der Waals surface area contributed by atoms with Crippen molar-refractivity contribution in [1.29, 1.82) is 0 Å². The van der Waals surface area contributed by atoms with E-state index in [2.05, 4.69) is 10.1 Å². The molecule has 1 unspecified atom stereocenters. The first-order chi connectivity index (χ1) is 28.8. The van der Waals surface area contributed by atoms with Crippen LogP contribution in [0.15, 0.2) is 71.8 Å². The number of hydrogen-bond acceptors (Lipinski definition) is 14. The zero-order valence-corrected chi connectivity index (χ0v) is 35.5. The second-order valence-electron chi connectivity index (χ2n) is 17.7. The summed E-state index contributed by atoms with van der Waals surface area (Å²) in [4.78, 5) is 69.3. The molecule has 4 N–H and O–H groups in total. The van der Waals surface area contributed by atoms with Crippen LogP contribution >= 0.6 is 0 Å². The number of carbonyl (C=O) groups excluding carboxylic acids is 5. The maximum absolute atomic E-state index is 15.2. The molecule has 4 aliphatic rings. The maximum Gasteiger partial charge on any atom is 0.427 e. The van der Waals surface area contributed by atoms with Crippen molar-refractivity contribution in [3.05, 3.63) is 82.9 Å². The number of aliphatic hydroxyl groups is 3. The first-order valence-corrected chi connectivity index (χ1v) is 20.0. The standard InChI is InChI=1S/C44H52F3NO14/c1-22-26(59-37(54)32(51)30(24-15-11-9-12-16-24)48-38(55)62-40(5,6)44(45,46)47)20-43(56)35(60-36(53)25-17-13-10-14-18-25)33-41(7,34(52)31(50)29(22)39(43,3)4)27(57-8)19-28-42(33,21-58-28)61-23(2)49/h9-18,26-28,30-33,35,50-51,56H,19-21H2,1-8H3,(H,48,55)/t26-,27-,28+,30-,31+,32+,33?,35-,41+,42-,43+/m0/s1. The highest BCUT2D eigenvalue weighted by Crippen LogP contribution is 2.64. The number of alkyl carbamates (subject to hydrolysis) is 1. The second kappa shape index (κ2) is 16.3. The largest absolute Gasteiger partial charge is 0.456 e. The third kappa shape index (κ3) is 7.56. The lowest BCUT2D eigenvalue weighted by Crippen LogP contribution is -2.82. The number of amides is 1. The Morgan fingerprint density at radius 3 is 2.10 bits per heavy atom. The van der Waals surface area contributed by atoms with E-state index in [1.54, 1.807) is 24.3 Å². The summed E-state index contributed by atoms with van der Waals surface area (Å²) in [7, 11) is 1.34. The van der Waals surface area contributed by atoms with E-state index in [0.29, 0.717) is 13.8 Å². The Kier molecular flexibility index (Phi) is 12.3. The lowest BCUT2D eigenvalue weighted by atomic mass is 9.44. The van der Waals surface area contributed by atoms with Crippen LogP contribution in [0, 0.1) is 16.7 Å². The van der Waals surface area contributed by atoms with Crippen molar-refractivity contribution in [3.8, 4) is 0 Å². The number of esters is 3. The summed E-state index contributed by atoms with van der Waals surface area (Å²) in [6.07, 6.45) is -17.0. The van der Waals surface area contributed by atoms with Gasteiger partial charge < -0.3 is 49.1 Å². The lowest BCUT2D eigenvalue weighted by molar-refractivity contribution is -0.347. The highest BCUT2D eigenvalue weighted by molar-refractivity contribution is 5.94. The van der Waals surface area contributed by atoms with Crippen molar-refractivity contribution >= 4 is 29.8 Å². The van der Waals surface area contributed by atoms with Gasteiger partial charge >= 0.3 is 30.2 Å². The molecule has 3 aliphatic carbocycles. The molecule has 15 nitrogen and oxygen atoms in total. The molecule has 18 heteroatoms. The van der Waals surface area contributed by atoms with Crippen molar-refractivity contribution in [2.75, 3.05) is 13.7 Å². The second-order valence-corrected chi connectivity index (χ2v) is 17.7. The van der Waals surface area contributed by atoms with Crippen molar-refractivity contribution in [1.82, 2.24) is 5.32 Å². The number of aliphatic hydroxyl groups excluding tert-OH is 2. The summed E-state index contributed by atoms with van der Waals surface area (Å²) in [5.74, 6) is -5.49. The molecule has 2 bridgehead atoms. The molecule has 0 spiro atoms. The number of alkyl halides is 3. The molecule has 1 heterocycles. The van der Waals surface area contributed by atoms with E-state index < -0.39 is 119 Å². The van der Waals surface area contributed by atoms with E-state index in [9.17, 15) is 47.7 Å². The SMILES string of the molecule is CO[C@H]1C[C@H]2OC[C@@]2(OC(C)=O)C2[C@H](OC(=O)c3ccccc3)[C@]3(O)C[C@H](OC(=O)[C@H](O)[C@@H](NC(=O)OC(C)(C)C(F)(F)F)c4ccccc4)C(C)=C([C@@H](O)C(=O)[C@@]21C)C3(C)C. The molecule has 62 heavy (non-hydrogen) atoms. The van der Waals surface area contributed by atoms with Gasteiger partial charge in [0, 0.05) is 32.3 Å². The van der Waals surface area contributed by atoms with E-state index in [-0.39, 0.29) is 35.3 Å². The number of methoxy groups -OCH3 is 1. The number of ether oxygens (including phenoxy) is 6. The van der Waals surface area contributed by atoms with E-state index in [0.717, 1.165) is 6.92 Å². The number of carbonyl (C=O) groups is 5. The third-order valence-corrected chi connectivity index (χ3v) is 13.5. The topological polar surface area (TPSA) is 213 Å². The molecule has 2 aromatic rings. The summed E-state index contributed by atoms with van der Waals surface area (Å²) in [5.41, 5.74) is -10.6. The minimum atomic E-state index is -4.98. The number of Topliss-reactive ketones (excluding diaryl/α,β-unsaturated/α-hetero) is 1. The predicted molar refractivity (Wildman–Crippen MR) is 209 cm³/mol. The van der Waals surface area contributed by atoms with Gasteiger partial charge in [-0.15, -0.1) is 0 Å². The normalized spacial score (nSPS) is 32.6. The van der Waals surface area contributed by atoms with Gasteiger partial charge in [-0.3, -0.25) is 9.59 Å². The van der Waals surface area contributed by atoms with Gasteiger partial charge in [0.25, 0.3) is 0 Å². The molecule has 6 rings (SSSR count). The minimum absolute atomic E-state index is 0.00440. The van der Waals surface area contributed by atoms with Crippen LogP contribution in [0.3, 0.4) is 0 Å². The maximum atomic E-state index is 15.2. The fourth-order valence-electron chi connectivity index (χ4n) is 9.89. The molecule has 11 atom stereocenters. The molecule has 1 saturated heterocycles. The molecule has 0 radical (unpaired) electrons. The summed E-state index contributed by atoms with van der Waals surface area (Å²) in [6.45, 7) is 8.02. The first kappa shape index (κ1) is 46.6. The van der Waals surface area contributed by atoms with Gasteiger partial charge in [-0.25, -0.2) is 14.4 Å². The van der Waals surface area contributed by atoms with Gasteiger partial charge in [0.15, 0.2) is 17.5 Å². The van der Waals surface area contributed by atoms with E-state index in [4.69, 9.17) is 23.7 Å². The van der Waals surface area contributed by atoms with Gasteiger partial charge in [0.2, 0.25) is 5.60 Å². The summed E-state index contributed by atoms with van der Waals surface area (Å²) in [6, 6.07) is 13.3. The number of fused-ring (bicyclic) bond motifs is 5. The van der Waals surface area contributed by atoms with Crippen LogP contribution in [0.4, 0.5) is 18.0 Å². The number of nitrogens with one attached hydrogen (secondary N) is 1. The number of ketones is 1. The van der Waals surface area contributed by atoms with Crippen LogP contribution in [0.25, 0.3) is 0 Å². The Bertz CT molecular complexity index is 2110. The average molecular weight is 876 g/mol. The Morgan fingerprint density at radius 1 is 0.968 bits per heavy atom. The minimum Gasteiger partial charge on any atom is -0.456 e. The Morgan fingerprint density at radius 2 is 1.56 bits per heavy atom. The Balaban J connectivity index is 1.48. The van der Waals surface area contributed by atoms with Gasteiger partial charge in [-0.2, -0.15) is 13.2 Å². The first-order valence-electron chi connectivity index (χ1n) is 20.0. The summed E-state index contributed by atoms with van der Waals surface area (Å²) in [5, 5.41) is 39.5. The molecule has 2 aromatic carbocycles. The lowest BCUT2D eigenvalue weighted by Gasteiger charge is -2.67. The van der Waals surface area contributed by atoms with E-state index in [1.807, 2.05) is 0 Å². The smallest absolute Gasteiger partial charge is 0.427 e. The summed E-state index contributed by atoms with van der Waals surface area (Å²) >= 11 is 0. The third-order valence-electron chi connectivity index (χ3n) is 13.5. The number of benzene rings is 2. The zero-order chi connectivity index (χ0) is 46.0. The van der Waals surface area contributed by atoms with E-state index in [1.165, 1.54) is 71.2 Å². The highest BCUT2D eigenvalue weighted by atomic mass is 19.4. The molecule has 1 amide bonds. The van der Waals surface area contributed by atoms with Crippen LogP contribution in [-0.4, -0.2) is 118 Å². The quantitative estimate of drug-likeness (QED) is 0.148. The number of rotatable bonds is 10. The van der Waals surface area contributed by atoms with Crippen LogP contribution in [0.2, 0.25) is 0 Å². The number of halogens is 3. The van der Waals surface area contributed by atoms with Gasteiger partial charge in [0.1, 0.15) is 30.0 Å². The Labute approximate surface area is 355 Å². The highest BCUT2D eigenvalue weighted by Gasteiger charge is 2.78. The zero-order valence-electron chi connectivity index (χ0n) is 35.5. The Hall–Kier alpha value is -4.88. The molecular formula is C44H52F3NO14. The van der Waals surface area contributed by atoms with Crippen molar-refractivity contribution in [2.24, 2.45) is 16.7 Å². The molecule has 1 aliphatic heterocycles. The average Bonchev–Trinajstić information content (AvgIpc) is 3.19. The summed E-state index contributed by atoms with van der Waals surface area (Å²) < 4.78 is 75.7. The fourth-order valence-corrected chi connectivity index (χ4v) is 9.89. The molecule has 338 valence electrons. The molecule has 2 saturated carbocycles. The number of hydrogen-bond donors (Lipinski definition) is 4. The molecular weight excluding hydrogens is 823 g/mol. The fraction of sp³-hybridized carbons (Fsp3) is 0.568. The molecule has 0 aromatic heterocycles. The van der Waals surface area contributed by atoms with Crippen molar-refractivity contribution < 1.29 is 80.9 Å². The molecule has 3 fully saturated rings. The van der Waals surface area contributed by atoms with E-state index >= 15 is 4.79 Å². The van der Waals surface area contributed by atoms with Gasteiger partial charge in [-0.1, -0.05) is 62.4 Å². The van der Waals surface area contributed by atoms with Gasteiger partial charge in [0.05, 0.1) is 35.6 Å². The van der Waals surface area contributed by atoms with Crippen LogP contribution in [-0.2, 0) is 42.8 Å². The van der Waals surface area contributed by atoms with Crippen molar-refractivity contribution in [3.63, 3.8) is 0 Å². The predicted octanol–water partition coefficient (Wildman–Crippen LogP) is 4.46. The van der Waals surface area contributed by atoms with Crippen LogP contribution < -0.4 is 5.32 Å².